The number of nitrogens with one attached hydrogen (secondary N) is 2. The maximum atomic E-state index is 11.4. The molecule has 2 N–H and O–H groups in total. The lowest BCUT2D eigenvalue weighted by atomic mass is 10.2. The number of nitrogens with zero attached hydrogens (tertiary/aromatic N) is 2. The van der Waals surface area contributed by atoms with E-state index in [1.165, 1.54) is 7.11 Å². The minimum atomic E-state index is -0.378. The van der Waals surface area contributed by atoms with Gasteiger partial charge in [-0.2, -0.15) is 5.10 Å². The van der Waals surface area contributed by atoms with Gasteiger partial charge in [0.05, 0.1) is 18.9 Å². The third-order valence-corrected chi connectivity index (χ3v) is 3.55. The van der Waals surface area contributed by atoms with Crippen LogP contribution < -0.4 is 15.6 Å². The quantitative estimate of drug-likeness (QED) is 0.372. The van der Waals surface area contributed by atoms with Crippen molar-refractivity contribution in [3.63, 3.8) is 0 Å². The number of carbonyl (C=O) groups is 1. The first-order valence-electron chi connectivity index (χ1n) is 7.55. The summed E-state index contributed by atoms with van der Waals surface area (Å²) in [6.45, 7) is 0. The molecule has 0 aliphatic heterocycles. The van der Waals surface area contributed by atoms with Crippen LogP contribution in [-0.2, 0) is 4.74 Å². The SMILES string of the molecule is COC(=O)c1ccc(NC(=S)N/N=C\c2ccc(N(C)C)cc2)cc1. The van der Waals surface area contributed by atoms with Crippen molar-refractivity contribution in [1.82, 2.24) is 5.43 Å². The van der Waals surface area contributed by atoms with E-state index in [2.05, 4.69) is 20.6 Å². The molecule has 0 amide bonds. The van der Waals surface area contributed by atoms with Crippen LogP contribution in [0.4, 0.5) is 11.4 Å². The van der Waals surface area contributed by atoms with Crippen molar-refractivity contribution in [3.8, 4) is 0 Å². The molecule has 7 heteroatoms. The van der Waals surface area contributed by atoms with Crippen molar-refractivity contribution in [2.24, 2.45) is 5.10 Å². The minimum absolute atomic E-state index is 0.354. The highest BCUT2D eigenvalue weighted by Gasteiger charge is 2.04. The van der Waals surface area contributed by atoms with E-state index in [1.807, 2.05) is 43.3 Å². The lowest BCUT2D eigenvalue weighted by molar-refractivity contribution is 0.0601. The van der Waals surface area contributed by atoms with Crippen LogP contribution in [0.2, 0.25) is 0 Å². The first-order valence-corrected chi connectivity index (χ1v) is 7.96. The maximum absolute atomic E-state index is 11.4. The molecule has 6 nitrogen and oxygen atoms in total. The second kappa shape index (κ2) is 8.79. The van der Waals surface area contributed by atoms with Crippen LogP contribution in [0, 0.1) is 0 Å². The van der Waals surface area contributed by atoms with E-state index in [-0.39, 0.29) is 5.97 Å². The van der Waals surface area contributed by atoms with E-state index in [1.54, 1.807) is 30.5 Å². The molecule has 0 aliphatic carbocycles. The normalized spacial score (nSPS) is 10.4. The van der Waals surface area contributed by atoms with Crippen LogP contribution in [0.3, 0.4) is 0 Å². The van der Waals surface area contributed by atoms with Crippen molar-refractivity contribution >= 4 is 40.9 Å². The molecule has 0 heterocycles. The lowest BCUT2D eigenvalue weighted by Gasteiger charge is -2.11. The summed E-state index contributed by atoms with van der Waals surface area (Å²) in [5.41, 5.74) is 6.06. The molecule has 0 unspecified atom stereocenters. The van der Waals surface area contributed by atoms with Crippen molar-refractivity contribution in [3.05, 3.63) is 59.7 Å². The molecule has 2 aromatic carbocycles. The number of carbonyl (C=O) groups excluding carboxylic acids is 1. The van der Waals surface area contributed by atoms with Gasteiger partial charge in [-0.25, -0.2) is 4.79 Å². The fraction of sp³-hybridized carbons (Fsp3) is 0.167. The van der Waals surface area contributed by atoms with Crippen LogP contribution in [0.15, 0.2) is 53.6 Å². The standard InChI is InChI=1S/C18H20N4O2S/c1-22(2)16-10-4-13(5-11-16)12-19-21-18(25)20-15-8-6-14(7-9-15)17(23)24-3/h4-12H,1-3H3,(H2,20,21,25)/b19-12-. The van der Waals surface area contributed by atoms with E-state index < -0.39 is 0 Å². The summed E-state index contributed by atoms with van der Waals surface area (Å²) in [4.78, 5) is 13.4. The summed E-state index contributed by atoms with van der Waals surface area (Å²) in [6, 6.07) is 14.8. The van der Waals surface area contributed by atoms with Gasteiger partial charge in [0, 0.05) is 25.5 Å². The van der Waals surface area contributed by atoms with Crippen LogP contribution in [0.1, 0.15) is 15.9 Å². The van der Waals surface area contributed by atoms with E-state index in [4.69, 9.17) is 12.2 Å². The number of ether oxygens (including phenoxy) is 1. The Hall–Kier alpha value is -2.93. The third-order valence-electron chi connectivity index (χ3n) is 3.35. The zero-order chi connectivity index (χ0) is 18.2. The average Bonchev–Trinajstić information content (AvgIpc) is 2.62. The molecule has 0 bridgehead atoms. The number of hydrazone groups is 1. The topological polar surface area (TPSA) is 66.0 Å². The maximum Gasteiger partial charge on any atom is 0.337 e. The number of hydrogen-bond acceptors (Lipinski definition) is 5. The van der Waals surface area contributed by atoms with Gasteiger partial charge < -0.3 is 15.0 Å². The van der Waals surface area contributed by atoms with Gasteiger partial charge in [0.1, 0.15) is 0 Å². The third kappa shape index (κ3) is 5.58. The van der Waals surface area contributed by atoms with Crippen molar-refractivity contribution in [1.29, 1.82) is 0 Å². The Kier molecular flexibility index (Phi) is 6.47. The summed E-state index contributed by atoms with van der Waals surface area (Å²) in [7, 11) is 5.33. The molecule has 2 rings (SSSR count). The monoisotopic (exact) mass is 356 g/mol. The second-order valence-electron chi connectivity index (χ2n) is 5.38. The van der Waals surface area contributed by atoms with Gasteiger partial charge in [-0.1, -0.05) is 12.1 Å². The molecule has 0 aromatic heterocycles. The summed E-state index contributed by atoms with van der Waals surface area (Å²) in [5.74, 6) is -0.378. The Labute approximate surface area is 152 Å². The molecule has 0 atom stereocenters. The summed E-state index contributed by atoms with van der Waals surface area (Å²) in [6.07, 6.45) is 1.69. The molecule has 0 spiro atoms. The van der Waals surface area contributed by atoms with Gasteiger partial charge in [-0.15, -0.1) is 0 Å². The number of benzene rings is 2. The van der Waals surface area contributed by atoms with Gasteiger partial charge in [-0.3, -0.25) is 5.43 Å². The Balaban J connectivity index is 1.86. The number of esters is 1. The molecule has 0 aliphatic rings. The average molecular weight is 356 g/mol. The fourth-order valence-electron chi connectivity index (χ4n) is 1.99. The first kappa shape index (κ1) is 18.4. The summed E-state index contributed by atoms with van der Waals surface area (Å²) < 4.78 is 4.65. The first-order chi connectivity index (χ1) is 12.0. The molecule has 0 fully saturated rings. The van der Waals surface area contributed by atoms with Crippen LogP contribution in [-0.4, -0.2) is 38.5 Å². The van der Waals surface area contributed by atoms with Crippen LogP contribution in [0.25, 0.3) is 0 Å². The highest BCUT2D eigenvalue weighted by molar-refractivity contribution is 7.80. The van der Waals surface area contributed by atoms with E-state index in [9.17, 15) is 4.79 Å². The Morgan fingerprint density at radius 1 is 1.12 bits per heavy atom. The summed E-state index contributed by atoms with van der Waals surface area (Å²) >= 11 is 5.18. The minimum Gasteiger partial charge on any atom is -0.465 e. The molecule has 130 valence electrons. The number of rotatable bonds is 5. The van der Waals surface area contributed by atoms with Crippen molar-refractivity contribution < 1.29 is 9.53 Å². The largest absolute Gasteiger partial charge is 0.465 e. The van der Waals surface area contributed by atoms with Gasteiger partial charge in [0.15, 0.2) is 5.11 Å². The smallest absolute Gasteiger partial charge is 0.337 e. The van der Waals surface area contributed by atoms with Gasteiger partial charge in [0.2, 0.25) is 0 Å². The van der Waals surface area contributed by atoms with Gasteiger partial charge in [0.25, 0.3) is 0 Å². The molecular formula is C18H20N4O2S. The van der Waals surface area contributed by atoms with E-state index >= 15 is 0 Å². The number of methoxy groups -OCH3 is 1. The Morgan fingerprint density at radius 3 is 2.32 bits per heavy atom. The van der Waals surface area contributed by atoms with Crippen LogP contribution >= 0.6 is 12.2 Å². The predicted octanol–water partition coefficient (Wildman–Crippen LogP) is 2.86. The van der Waals surface area contributed by atoms with Gasteiger partial charge >= 0.3 is 5.97 Å². The number of hydrogen-bond donors (Lipinski definition) is 2. The van der Waals surface area contributed by atoms with Crippen molar-refractivity contribution in [2.45, 2.75) is 0 Å². The second-order valence-corrected chi connectivity index (χ2v) is 5.79. The van der Waals surface area contributed by atoms with E-state index in [0.29, 0.717) is 10.7 Å². The highest BCUT2D eigenvalue weighted by Crippen LogP contribution is 2.11. The molecule has 2 aromatic rings. The molecule has 0 saturated carbocycles. The molecule has 25 heavy (non-hydrogen) atoms. The Morgan fingerprint density at radius 2 is 1.76 bits per heavy atom. The number of anilines is 2. The predicted molar refractivity (Wildman–Crippen MR) is 106 cm³/mol. The van der Waals surface area contributed by atoms with Crippen LogP contribution in [0.5, 0.6) is 0 Å². The highest BCUT2D eigenvalue weighted by atomic mass is 32.1. The van der Waals surface area contributed by atoms with Crippen molar-refractivity contribution in [2.75, 3.05) is 31.4 Å². The molecule has 0 radical (unpaired) electrons. The molecular weight excluding hydrogens is 336 g/mol. The van der Waals surface area contributed by atoms with E-state index in [0.717, 1.165) is 16.9 Å². The zero-order valence-corrected chi connectivity index (χ0v) is 15.1. The summed E-state index contributed by atoms with van der Waals surface area (Å²) in [5, 5.41) is 7.44. The zero-order valence-electron chi connectivity index (χ0n) is 14.3. The van der Waals surface area contributed by atoms with Gasteiger partial charge in [-0.05, 0) is 54.2 Å². The molecule has 0 saturated heterocycles. The Bertz CT molecular complexity index is 756. The fourth-order valence-corrected chi connectivity index (χ4v) is 2.16. The number of thiocarbonyl (C=S) groups is 1. The lowest BCUT2D eigenvalue weighted by Crippen LogP contribution is -2.23.